The summed E-state index contributed by atoms with van der Waals surface area (Å²) in [7, 11) is 1.58. The zero-order chi connectivity index (χ0) is 27.7. The molecule has 1 aromatic rings. The summed E-state index contributed by atoms with van der Waals surface area (Å²) in [6.07, 6.45) is 3.24. The molecule has 0 aromatic heterocycles. The summed E-state index contributed by atoms with van der Waals surface area (Å²) in [6, 6.07) is -0.287. The molecule has 2 aliphatic rings. The molecule has 1 aromatic carbocycles. The second kappa shape index (κ2) is 14.2. The Labute approximate surface area is 225 Å². The van der Waals surface area contributed by atoms with Crippen molar-refractivity contribution < 1.29 is 33.3 Å². The van der Waals surface area contributed by atoms with E-state index < -0.39 is 5.97 Å². The molecule has 1 saturated heterocycles. The molecule has 1 fully saturated rings. The van der Waals surface area contributed by atoms with Crippen LogP contribution in [0.25, 0.3) is 0 Å². The Morgan fingerprint density at radius 2 is 1.87 bits per heavy atom. The zero-order valence-electron chi connectivity index (χ0n) is 23.3. The van der Waals surface area contributed by atoms with Gasteiger partial charge in [-0.15, -0.1) is 0 Å². The molecule has 10 heteroatoms. The molecule has 0 bridgehead atoms. The van der Waals surface area contributed by atoms with Gasteiger partial charge in [-0.1, -0.05) is 11.6 Å². The molecule has 2 aliphatic heterocycles. The lowest BCUT2D eigenvalue weighted by atomic mass is 9.93. The van der Waals surface area contributed by atoms with Gasteiger partial charge in [-0.3, -0.25) is 9.69 Å². The number of hydrogen-bond acceptors (Lipinski definition) is 8. The zero-order valence-corrected chi connectivity index (χ0v) is 23.3. The Morgan fingerprint density at radius 1 is 1.16 bits per heavy atom. The monoisotopic (exact) mass is 531 g/mol. The number of anilines is 1. The third kappa shape index (κ3) is 7.26. The maximum Gasteiger partial charge on any atom is 0.341 e. The highest BCUT2D eigenvalue weighted by Crippen LogP contribution is 2.41. The molecule has 3 rings (SSSR count). The highest BCUT2D eigenvalue weighted by Gasteiger charge is 2.33. The second-order valence-corrected chi connectivity index (χ2v) is 9.47. The quantitative estimate of drug-likeness (QED) is 0.322. The average Bonchev–Trinajstić information content (AvgIpc) is 3.31. The first-order chi connectivity index (χ1) is 18.3. The number of esters is 2. The van der Waals surface area contributed by atoms with Gasteiger partial charge in [-0.05, 0) is 46.1 Å². The molecule has 1 N–H and O–H groups in total. The third-order valence-electron chi connectivity index (χ3n) is 7.11. The molecule has 0 radical (unpaired) electrons. The van der Waals surface area contributed by atoms with Gasteiger partial charge >= 0.3 is 18.0 Å². The van der Waals surface area contributed by atoms with Crippen LogP contribution in [0.1, 0.15) is 60.7 Å². The number of urea groups is 1. The van der Waals surface area contributed by atoms with Crippen molar-refractivity contribution in [3.63, 3.8) is 0 Å². The van der Waals surface area contributed by atoms with E-state index in [1.165, 1.54) is 0 Å². The number of ether oxygens (including phenoxy) is 4. The lowest BCUT2D eigenvalue weighted by Gasteiger charge is -2.26. The number of allylic oxidation sites excluding steroid dienone is 2. The van der Waals surface area contributed by atoms with Gasteiger partial charge in [0.05, 0.1) is 31.6 Å². The number of benzene rings is 1. The van der Waals surface area contributed by atoms with E-state index in [9.17, 15) is 14.4 Å². The van der Waals surface area contributed by atoms with Crippen LogP contribution >= 0.6 is 0 Å². The first kappa shape index (κ1) is 29.4. The summed E-state index contributed by atoms with van der Waals surface area (Å²) in [4.78, 5) is 41.8. The van der Waals surface area contributed by atoms with Gasteiger partial charge in [0.15, 0.2) is 0 Å². The maximum atomic E-state index is 13.0. The highest BCUT2D eigenvalue weighted by molar-refractivity contribution is 6.05. The number of morpholine rings is 1. The summed E-state index contributed by atoms with van der Waals surface area (Å²) < 4.78 is 21.8. The fraction of sp³-hybridized carbons (Fsp3) is 0.607. The number of methoxy groups -OCH3 is 1. The summed E-state index contributed by atoms with van der Waals surface area (Å²) in [6.45, 7) is 13.1. The largest absolute Gasteiger partial charge is 0.496 e. The minimum absolute atomic E-state index is 0.146. The van der Waals surface area contributed by atoms with Crippen molar-refractivity contribution in [3.8, 4) is 5.75 Å². The number of carbonyl (C=O) groups excluding carboxylic acids is 3. The number of amides is 2. The molecule has 210 valence electrons. The first-order valence-corrected chi connectivity index (χ1v) is 13.4. The van der Waals surface area contributed by atoms with Gasteiger partial charge in [-0.25, -0.2) is 9.59 Å². The topological polar surface area (TPSA) is 107 Å². The minimum Gasteiger partial charge on any atom is -0.496 e. The van der Waals surface area contributed by atoms with Crippen LogP contribution in [-0.2, 0) is 32.0 Å². The molecule has 0 unspecified atom stereocenters. The minimum atomic E-state index is -0.456. The van der Waals surface area contributed by atoms with E-state index in [1.54, 1.807) is 12.0 Å². The van der Waals surface area contributed by atoms with Crippen LogP contribution in [-0.4, -0.2) is 87.4 Å². The second-order valence-electron chi connectivity index (χ2n) is 9.47. The van der Waals surface area contributed by atoms with Crippen molar-refractivity contribution in [2.75, 3.05) is 65.0 Å². The van der Waals surface area contributed by atoms with Crippen molar-refractivity contribution >= 4 is 23.7 Å². The average molecular weight is 532 g/mol. The SMILES string of the molecule is CCN(CC)C(=O)Nc1c(CC=C(C)CCC(=O)OCCN2CCOCC2)c(OC)c(C)c2c1C(=O)OC2. The van der Waals surface area contributed by atoms with Gasteiger partial charge in [-0.2, -0.15) is 0 Å². The fourth-order valence-corrected chi connectivity index (χ4v) is 4.75. The number of nitrogens with one attached hydrogen (secondary N) is 1. The van der Waals surface area contributed by atoms with Gasteiger partial charge in [0.25, 0.3) is 0 Å². The number of carbonyl (C=O) groups is 3. The molecule has 2 amide bonds. The van der Waals surface area contributed by atoms with Crippen LogP contribution in [0.2, 0.25) is 0 Å². The van der Waals surface area contributed by atoms with E-state index >= 15 is 0 Å². The number of hydrogen-bond donors (Lipinski definition) is 1. The number of rotatable bonds is 12. The molecule has 0 aliphatic carbocycles. The van der Waals surface area contributed by atoms with E-state index in [-0.39, 0.29) is 25.0 Å². The van der Waals surface area contributed by atoms with Gasteiger partial charge in [0.2, 0.25) is 0 Å². The van der Waals surface area contributed by atoms with Crippen LogP contribution < -0.4 is 10.1 Å². The maximum absolute atomic E-state index is 13.0. The van der Waals surface area contributed by atoms with E-state index in [1.807, 2.05) is 33.8 Å². The Morgan fingerprint density at radius 3 is 2.53 bits per heavy atom. The lowest BCUT2D eigenvalue weighted by Crippen LogP contribution is -2.38. The van der Waals surface area contributed by atoms with Gasteiger partial charge in [0, 0.05) is 50.3 Å². The summed E-state index contributed by atoms with van der Waals surface area (Å²) in [5.41, 5.74) is 4.06. The first-order valence-electron chi connectivity index (χ1n) is 13.4. The van der Waals surface area contributed by atoms with E-state index in [2.05, 4.69) is 10.2 Å². The van der Waals surface area contributed by atoms with Gasteiger partial charge in [0.1, 0.15) is 19.0 Å². The normalized spacial score (nSPS) is 15.6. The Balaban J connectivity index is 1.71. The van der Waals surface area contributed by atoms with Gasteiger partial charge < -0.3 is 29.2 Å². The Bertz CT molecular complexity index is 1040. The van der Waals surface area contributed by atoms with E-state index in [0.717, 1.165) is 29.8 Å². The Hall–Kier alpha value is -3.11. The van der Waals surface area contributed by atoms with Crippen molar-refractivity contribution in [1.29, 1.82) is 0 Å². The highest BCUT2D eigenvalue weighted by atomic mass is 16.5. The van der Waals surface area contributed by atoms with Crippen LogP contribution in [0.15, 0.2) is 11.6 Å². The van der Waals surface area contributed by atoms with Crippen LogP contribution in [0.5, 0.6) is 5.75 Å². The van der Waals surface area contributed by atoms with E-state index in [0.29, 0.717) is 74.9 Å². The summed E-state index contributed by atoms with van der Waals surface area (Å²) >= 11 is 0. The molecular formula is C28H41N3O7. The van der Waals surface area contributed by atoms with Crippen LogP contribution in [0.4, 0.5) is 10.5 Å². The van der Waals surface area contributed by atoms with Crippen molar-refractivity contribution in [2.24, 2.45) is 0 Å². The third-order valence-corrected chi connectivity index (χ3v) is 7.11. The molecular weight excluding hydrogens is 490 g/mol. The molecule has 0 spiro atoms. The molecule has 2 heterocycles. The molecule has 38 heavy (non-hydrogen) atoms. The molecule has 10 nitrogen and oxygen atoms in total. The standard InChI is InChI=1S/C28H41N3O7/c1-6-31(7-2)28(34)29-25-21(26(35-5)20(4)22-18-38-27(33)24(22)25)10-8-19(3)9-11-23(32)37-17-14-30-12-15-36-16-13-30/h8H,6-7,9-18H2,1-5H3,(H,29,34). The number of cyclic esters (lactones) is 1. The van der Waals surface area contributed by atoms with Crippen molar-refractivity contribution in [3.05, 3.63) is 33.9 Å². The predicted molar refractivity (Wildman–Crippen MR) is 144 cm³/mol. The number of fused-ring (bicyclic) bond motifs is 1. The van der Waals surface area contributed by atoms with Crippen molar-refractivity contribution in [2.45, 2.75) is 53.6 Å². The van der Waals surface area contributed by atoms with E-state index in [4.69, 9.17) is 18.9 Å². The smallest absolute Gasteiger partial charge is 0.341 e. The molecule has 0 atom stereocenters. The summed E-state index contributed by atoms with van der Waals surface area (Å²) in [5.74, 6) is -0.0715. The van der Waals surface area contributed by atoms with Crippen LogP contribution in [0, 0.1) is 6.92 Å². The van der Waals surface area contributed by atoms with Crippen LogP contribution in [0.3, 0.4) is 0 Å². The summed E-state index contributed by atoms with van der Waals surface area (Å²) in [5, 5.41) is 2.96. The number of nitrogens with zero attached hydrogens (tertiary/aromatic N) is 2. The fourth-order valence-electron chi connectivity index (χ4n) is 4.75. The van der Waals surface area contributed by atoms with Crippen molar-refractivity contribution in [1.82, 2.24) is 9.80 Å². The predicted octanol–water partition coefficient (Wildman–Crippen LogP) is 3.69. The lowest BCUT2D eigenvalue weighted by molar-refractivity contribution is -0.144. The molecule has 0 saturated carbocycles. The Kier molecular flexibility index (Phi) is 11.0.